The molecule has 0 aromatic carbocycles. The molecule has 0 amide bonds. The zero-order valence-corrected chi connectivity index (χ0v) is 7.82. The van der Waals surface area contributed by atoms with E-state index >= 15 is 0 Å². The van der Waals surface area contributed by atoms with Crippen molar-refractivity contribution < 1.29 is 0 Å². The van der Waals surface area contributed by atoms with E-state index in [9.17, 15) is 0 Å². The first-order chi connectivity index (χ1) is 4.34. The van der Waals surface area contributed by atoms with Gasteiger partial charge in [-0.3, -0.25) is 0 Å². The second-order valence-electron chi connectivity index (χ2n) is 2.26. The van der Waals surface area contributed by atoms with Crippen molar-refractivity contribution in [2.45, 2.75) is 13.8 Å². The van der Waals surface area contributed by atoms with Gasteiger partial charge in [0.25, 0.3) is 0 Å². The molecule has 0 radical (unpaired) electrons. The fourth-order valence-electron chi connectivity index (χ4n) is 1.05. The van der Waals surface area contributed by atoms with Crippen LogP contribution in [0, 0.1) is 0 Å². The molecule has 2 rings (SSSR count). The van der Waals surface area contributed by atoms with E-state index in [-0.39, 0.29) is 0 Å². The van der Waals surface area contributed by atoms with Gasteiger partial charge in [-0.05, 0) is 0 Å². The van der Waals surface area contributed by atoms with E-state index in [1.165, 1.54) is 0 Å². The summed E-state index contributed by atoms with van der Waals surface area (Å²) in [5.74, 6) is 0. The van der Waals surface area contributed by atoms with Crippen molar-refractivity contribution in [2.24, 2.45) is 0 Å². The summed E-state index contributed by atoms with van der Waals surface area (Å²) in [4.78, 5) is 0. The van der Waals surface area contributed by atoms with Gasteiger partial charge in [-0.25, -0.2) is 0 Å². The van der Waals surface area contributed by atoms with Crippen molar-refractivity contribution in [2.75, 3.05) is 6.54 Å². The molecule has 0 unspecified atom stereocenters. The minimum atomic E-state index is -0.722. The Morgan fingerprint density at radius 2 is 2.44 bits per heavy atom. The first-order valence-electron chi connectivity index (χ1n) is 3.20. The molecule has 1 aliphatic heterocycles. The van der Waals surface area contributed by atoms with Crippen LogP contribution in [0.5, 0.6) is 0 Å². The molecule has 50 valence electrons. The second-order valence-corrected chi connectivity index (χ2v) is 6.88. The zero-order valence-electron chi connectivity index (χ0n) is 5.66. The van der Waals surface area contributed by atoms with Crippen LogP contribution < -0.4 is 3.53 Å². The van der Waals surface area contributed by atoms with Crippen LogP contribution in [0.3, 0.4) is 0 Å². The Hall–Kier alpha value is 0.170. The molecule has 0 atom stereocenters. The van der Waals surface area contributed by atoms with Crippen LogP contribution >= 0.6 is 20.1 Å². The van der Waals surface area contributed by atoms with Gasteiger partial charge >= 0.3 is 62.8 Å². The van der Waals surface area contributed by atoms with Gasteiger partial charge in [0.15, 0.2) is 0 Å². The van der Waals surface area contributed by atoms with Crippen LogP contribution in [-0.2, 0) is 0 Å². The SMILES string of the molecule is CCNI1C2=C1C(C)=C2. The molecule has 0 bridgehead atoms. The molecular weight excluding hydrogens is 225 g/mol. The van der Waals surface area contributed by atoms with Crippen LogP contribution in [0.4, 0.5) is 0 Å². The predicted octanol–water partition coefficient (Wildman–Crippen LogP) is 2.20. The van der Waals surface area contributed by atoms with Crippen LogP contribution in [0.1, 0.15) is 13.8 Å². The van der Waals surface area contributed by atoms with Gasteiger partial charge in [-0.15, -0.1) is 0 Å². The average Bonchev–Trinajstić information content (AvgIpc) is 2.36. The van der Waals surface area contributed by atoms with E-state index in [4.69, 9.17) is 0 Å². The normalized spacial score (nSPS) is 25.1. The molecular formula is C7H10IN. The molecule has 0 aromatic heterocycles. The van der Waals surface area contributed by atoms with Crippen LogP contribution in [0.2, 0.25) is 0 Å². The maximum absolute atomic E-state index is 3.54. The summed E-state index contributed by atoms with van der Waals surface area (Å²) < 4.78 is 6.99. The van der Waals surface area contributed by atoms with Crippen LogP contribution in [0.25, 0.3) is 0 Å². The molecule has 2 heteroatoms. The quantitative estimate of drug-likeness (QED) is 0.571. The van der Waals surface area contributed by atoms with Gasteiger partial charge in [0, 0.05) is 0 Å². The van der Waals surface area contributed by atoms with Gasteiger partial charge in [0.05, 0.1) is 0 Å². The Morgan fingerprint density at radius 3 is 2.78 bits per heavy atom. The fraction of sp³-hybridized carbons (Fsp3) is 0.429. The summed E-state index contributed by atoms with van der Waals surface area (Å²) in [5, 5.41) is 0. The second kappa shape index (κ2) is 1.83. The molecule has 0 spiro atoms. The molecule has 0 aromatic rings. The maximum atomic E-state index is 3.54. The van der Waals surface area contributed by atoms with Gasteiger partial charge in [-0.1, -0.05) is 0 Å². The Kier molecular flexibility index (Phi) is 1.20. The summed E-state index contributed by atoms with van der Waals surface area (Å²) in [6.07, 6.45) is 2.34. The number of rotatable bonds is 2. The fourth-order valence-corrected chi connectivity index (χ4v) is 6.49. The summed E-state index contributed by atoms with van der Waals surface area (Å²) in [7, 11) is 0. The number of halogens is 1. The van der Waals surface area contributed by atoms with Gasteiger partial charge in [0.2, 0.25) is 0 Å². The van der Waals surface area contributed by atoms with Crippen LogP contribution in [0.15, 0.2) is 18.8 Å². The summed E-state index contributed by atoms with van der Waals surface area (Å²) in [6.45, 7) is 5.55. The third kappa shape index (κ3) is 0.694. The third-order valence-corrected chi connectivity index (χ3v) is 7.03. The van der Waals surface area contributed by atoms with E-state index in [0.717, 1.165) is 6.54 Å². The molecule has 0 saturated carbocycles. The Labute approximate surface area is 63.0 Å². The minimum absolute atomic E-state index is 0.722. The van der Waals surface area contributed by atoms with E-state index in [1.54, 1.807) is 12.7 Å². The topological polar surface area (TPSA) is 12.0 Å². The summed E-state index contributed by atoms with van der Waals surface area (Å²) in [6, 6.07) is 0. The Bertz CT molecular complexity index is 215. The molecule has 1 nitrogen and oxygen atoms in total. The standard InChI is InChI=1S/C7H10IN/c1-3-9-8-6-4-5(2)7(6)8/h4,9H,3H2,1-2H3. The third-order valence-electron chi connectivity index (χ3n) is 1.52. The van der Waals surface area contributed by atoms with Crippen LogP contribution in [-0.4, -0.2) is 6.54 Å². The van der Waals surface area contributed by atoms with Gasteiger partial charge in [-0.2, -0.15) is 0 Å². The van der Waals surface area contributed by atoms with Crippen molar-refractivity contribution in [3.05, 3.63) is 18.8 Å². The predicted molar refractivity (Wildman–Crippen MR) is 48.5 cm³/mol. The van der Waals surface area contributed by atoms with E-state index in [0.29, 0.717) is 0 Å². The van der Waals surface area contributed by atoms with E-state index in [2.05, 4.69) is 23.5 Å². The first kappa shape index (κ1) is 5.92. The van der Waals surface area contributed by atoms with Gasteiger partial charge < -0.3 is 0 Å². The number of hydrogen-bond donors (Lipinski definition) is 1. The molecule has 1 N–H and O–H groups in total. The Balaban J connectivity index is 1.89. The molecule has 2 aliphatic rings. The number of nitrogens with one attached hydrogen (secondary N) is 1. The van der Waals surface area contributed by atoms with Crippen molar-refractivity contribution in [1.82, 2.24) is 3.53 Å². The molecule has 1 aliphatic carbocycles. The van der Waals surface area contributed by atoms with Crippen molar-refractivity contribution in [3.63, 3.8) is 0 Å². The Morgan fingerprint density at radius 1 is 1.67 bits per heavy atom. The number of allylic oxidation sites excluding steroid dienone is 4. The van der Waals surface area contributed by atoms with E-state index < -0.39 is 20.1 Å². The monoisotopic (exact) mass is 235 g/mol. The van der Waals surface area contributed by atoms with E-state index in [1.807, 2.05) is 0 Å². The van der Waals surface area contributed by atoms with Crippen molar-refractivity contribution in [1.29, 1.82) is 0 Å². The summed E-state index contributed by atoms with van der Waals surface area (Å²) >= 11 is -0.722. The summed E-state index contributed by atoms with van der Waals surface area (Å²) in [5.41, 5.74) is 1.55. The average molecular weight is 235 g/mol. The molecule has 1 heterocycles. The van der Waals surface area contributed by atoms with Crippen molar-refractivity contribution in [3.8, 4) is 0 Å². The molecule has 0 saturated heterocycles. The molecule has 9 heavy (non-hydrogen) atoms. The zero-order chi connectivity index (χ0) is 6.43. The number of hydrogen-bond acceptors (Lipinski definition) is 1. The van der Waals surface area contributed by atoms with Crippen molar-refractivity contribution >= 4 is 20.1 Å². The van der Waals surface area contributed by atoms with Gasteiger partial charge in [0.1, 0.15) is 0 Å². The first-order valence-corrected chi connectivity index (χ1v) is 6.44. The molecule has 0 fully saturated rings.